The molecule has 96 valence electrons. The average molecular weight is 253 g/mol. The van der Waals surface area contributed by atoms with Gasteiger partial charge < -0.3 is 10.2 Å². The van der Waals surface area contributed by atoms with Crippen LogP contribution in [0.2, 0.25) is 0 Å². The highest BCUT2D eigenvalue weighted by atomic mass is 16.2. The minimum atomic E-state index is -0.185. The monoisotopic (exact) mass is 253 g/mol. The molecule has 1 atom stereocenters. The van der Waals surface area contributed by atoms with Crippen molar-refractivity contribution in [3.8, 4) is 0 Å². The molecule has 1 aromatic carbocycles. The molecule has 1 aromatic heterocycles. The van der Waals surface area contributed by atoms with Crippen molar-refractivity contribution in [1.82, 2.24) is 4.98 Å². The van der Waals surface area contributed by atoms with Crippen LogP contribution in [0.4, 0.5) is 11.5 Å². The summed E-state index contributed by atoms with van der Waals surface area (Å²) in [6.07, 6.45) is 2.51. The van der Waals surface area contributed by atoms with E-state index in [2.05, 4.69) is 10.3 Å². The van der Waals surface area contributed by atoms with Gasteiger partial charge in [-0.25, -0.2) is 4.98 Å². The molecule has 0 aliphatic carbocycles. The van der Waals surface area contributed by atoms with Crippen LogP contribution in [0.3, 0.4) is 0 Å². The highest BCUT2D eigenvalue weighted by Gasteiger charge is 2.32. The van der Waals surface area contributed by atoms with Crippen LogP contribution in [0, 0.1) is 0 Å². The van der Waals surface area contributed by atoms with Crippen LogP contribution in [0.25, 0.3) is 0 Å². The largest absolute Gasteiger partial charge is 0.358 e. The van der Waals surface area contributed by atoms with Crippen LogP contribution in [0.1, 0.15) is 6.42 Å². The first-order chi connectivity index (χ1) is 9.34. The number of para-hydroxylation sites is 1. The summed E-state index contributed by atoms with van der Waals surface area (Å²) in [7, 11) is 0. The van der Waals surface area contributed by atoms with E-state index >= 15 is 0 Å². The Balaban J connectivity index is 1.73. The molecule has 1 amide bonds. The van der Waals surface area contributed by atoms with Crippen molar-refractivity contribution in [3.05, 3.63) is 54.7 Å². The fraction of sp³-hybridized carbons (Fsp3) is 0.200. The number of aromatic nitrogens is 1. The van der Waals surface area contributed by atoms with Crippen molar-refractivity contribution >= 4 is 17.4 Å². The molecule has 1 fully saturated rings. The number of rotatable bonds is 3. The summed E-state index contributed by atoms with van der Waals surface area (Å²) >= 11 is 0. The number of hydrogen-bond acceptors (Lipinski definition) is 3. The molecule has 0 spiro atoms. The van der Waals surface area contributed by atoms with Gasteiger partial charge in [-0.1, -0.05) is 24.3 Å². The van der Waals surface area contributed by atoms with Gasteiger partial charge in [0.25, 0.3) is 0 Å². The standard InChI is InChI=1S/C15H15N3O/c19-15-13(17-14-8-4-5-10-16-14)9-11-18(15)12-6-2-1-3-7-12/h1-8,10,13H,9,11H2,(H,16,17). The van der Waals surface area contributed by atoms with Crippen LogP contribution >= 0.6 is 0 Å². The third-order valence-corrected chi connectivity index (χ3v) is 3.26. The first kappa shape index (κ1) is 11.7. The molecule has 4 nitrogen and oxygen atoms in total. The molecule has 0 bridgehead atoms. The lowest BCUT2D eigenvalue weighted by molar-refractivity contribution is -0.117. The number of amides is 1. The number of carbonyl (C=O) groups is 1. The zero-order valence-corrected chi connectivity index (χ0v) is 10.5. The van der Waals surface area contributed by atoms with Crippen LogP contribution in [-0.2, 0) is 4.79 Å². The third kappa shape index (κ3) is 2.42. The van der Waals surface area contributed by atoms with Gasteiger partial charge in [0.1, 0.15) is 11.9 Å². The van der Waals surface area contributed by atoms with Gasteiger partial charge in [-0.3, -0.25) is 4.79 Å². The first-order valence-corrected chi connectivity index (χ1v) is 6.38. The number of nitrogens with one attached hydrogen (secondary N) is 1. The molecule has 2 heterocycles. The first-order valence-electron chi connectivity index (χ1n) is 6.38. The highest BCUT2D eigenvalue weighted by Crippen LogP contribution is 2.22. The molecule has 1 saturated heterocycles. The average Bonchev–Trinajstić information content (AvgIpc) is 2.82. The van der Waals surface area contributed by atoms with E-state index in [1.807, 2.05) is 53.4 Å². The molecular formula is C15H15N3O. The van der Waals surface area contributed by atoms with E-state index < -0.39 is 0 Å². The van der Waals surface area contributed by atoms with Gasteiger partial charge in [-0.2, -0.15) is 0 Å². The van der Waals surface area contributed by atoms with Crippen LogP contribution in [-0.4, -0.2) is 23.5 Å². The molecule has 3 rings (SSSR count). The molecule has 1 aliphatic heterocycles. The van der Waals surface area contributed by atoms with E-state index in [4.69, 9.17) is 0 Å². The lowest BCUT2D eigenvalue weighted by Gasteiger charge is -2.17. The number of nitrogens with zero attached hydrogens (tertiary/aromatic N) is 2. The van der Waals surface area contributed by atoms with Crippen molar-refractivity contribution in [2.24, 2.45) is 0 Å². The minimum Gasteiger partial charge on any atom is -0.358 e. The topological polar surface area (TPSA) is 45.2 Å². The summed E-state index contributed by atoms with van der Waals surface area (Å²) < 4.78 is 0. The molecule has 4 heteroatoms. The van der Waals surface area contributed by atoms with Crippen LogP contribution in [0.5, 0.6) is 0 Å². The third-order valence-electron chi connectivity index (χ3n) is 3.26. The quantitative estimate of drug-likeness (QED) is 0.913. The molecule has 1 N–H and O–H groups in total. The summed E-state index contributed by atoms with van der Waals surface area (Å²) in [6.45, 7) is 0.743. The number of carbonyl (C=O) groups excluding carboxylic acids is 1. The fourth-order valence-electron chi connectivity index (χ4n) is 2.30. The molecule has 2 aromatic rings. The Morgan fingerprint density at radius 2 is 1.89 bits per heavy atom. The maximum atomic E-state index is 12.3. The molecule has 19 heavy (non-hydrogen) atoms. The van der Waals surface area contributed by atoms with E-state index in [0.717, 1.165) is 24.5 Å². The Bertz CT molecular complexity index is 556. The zero-order valence-electron chi connectivity index (χ0n) is 10.5. The Kier molecular flexibility index (Phi) is 3.14. The van der Waals surface area contributed by atoms with E-state index in [-0.39, 0.29) is 11.9 Å². The summed E-state index contributed by atoms with van der Waals surface area (Å²) in [4.78, 5) is 18.4. The van der Waals surface area contributed by atoms with Gasteiger partial charge in [-0.05, 0) is 30.7 Å². The predicted molar refractivity (Wildman–Crippen MR) is 75.1 cm³/mol. The lowest BCUT2D eigenvalue weighted by atomic mass is 10.2. The number of pyridine rings is 1. The van der Waals surface area contributed by atoms with Crippen molar-refractivity contribution < 1.29 is 4.79 Å². The fourth-order valence-corrected chi connectivity index (χ4v) is 2.30. The Morgan fingerprint density at radius 1 is 1.11 bits per heavy atom. The van der Waals surface area contributed by atoms with Crippen molar-refractivity contribution in [1.29, 1.82) is 0 Å². The maximum absolute atomic E-state index is 12.3. The van der Waals surface area contributed by atoms with Gasteiger partial charge in [0.2, 0.25) is 5.91 Å². The van der Waals surface area contributed by atoms with Gasteiger partial charge in [-0.15, -0.1) is 0 Å². The second-order valence-corrected chi connectivity index (χ2v) is 4.53. The molecule has 1 aliphatic rings. The zero-order chi connectivity index (χ0) is 13.1. The Labute approximate surface area is 112 Å². The van der Waals surface area contributed by atoms with E-state index in [0.29, 0.717) is 0 Å². The van der Waals surface area contributed by atoms with E-state index in [1.54, 1.807) is 6.20 Å². The summed E-state index contributed by atoms with van der Waals surface area (Å²) in [5.41, 5.74) is 0.956. The Hall–Kier alpha value is -2.36. The molecule has 0 radical (unpaired) electrons. The van der Waals surface area contributed by atoms with Gasteiger partial charge in [0.05, 0.1) is 0 Å². The second kappa shape index (κ2) is 5.10. The SMILES string of the molecule is O=C1C(Nc2ccccn2)CCN1c1ccccc1. The van der Waals surface area contributed by atoms with Gasteiger partial charge >= 0.3 is 0 Å². The Morgan fingerprint density at radius 3 is 2.63 bits per heavy atom. The predicted octanol–water partition coefficient (Wildman–Crippen LogP) is 2.30. The molecular weight excluding hydrogens is 238 g/mol. The summed E-state index contributed by atoms with van der Waals surface area (Å²) in [5, 5.41) is 3.19. The minimum absolute atomic E-state index is 0.108. The molecule has 1 unspecified atom stereocenters. The van der Waals surface area contributed by atoms with Crippen LogP contribution < -0.4 is 10.2 Å². The van der Waals surface area contributed by atoms with E-state index in [9.17, 15) is 4.79 Å². The summed E-state index contributed by atoms with van der Waals surface area (Å²) in [6, 6.07) is 15.2. The number of benzene rings is 1. The van der Waals surface area contributed by atoms with Crippen molar-refractivity contribution in [2.45, 2.75) is 12.5 Å². The summed E-state index contributed by atoms with van der Waals surface area (Å²) in [5.74, 6) is 0.854. The number of anilines is 2. The highest BCUT2D eigenvalue weighted by molar-refractivity contribution is 6.00. The van der Waals surface area contributed by atoms with Crippen molar-refractivity contribution in [2.75, 3.05) is 16.8 Å². The van der Waals surface area contributed by atoms with Gasteiger partial charge in [0, 0.05) is 18.4 Å². The van der Waals surface area contributed by atoms with Gasteiger partial charge in [0.15, 0.2) is 0 Å². The maximum Gasteiger partial charge on any atom is 0.249 e. The van der Waals surface area contributed by atoms with E-state index in [1.165, 1.54) is 0 Å². The van der Waals surface area contributed by atoms with Crippen LogP contribution in [0.15, 0.2) is 54.7 Å². The number of hydrogen-bond donors (Lipinski definition) is 1. The lowest BCUT2D eigenvalue weighted by Crippen LogP contribution is -2.33. The normalized spacial score (nSPS) is 18.6. The second-order valence-electron chi connectivity index (χ2n) is 4.53. The smallest absolute Gasteiger partial charge is 0.249 e. The van der Waals surface area contributed by atoms with Crippen molar-refractivity contribution in [3.63, 3.8) is 0 Å². The molecule has 0 saturated carbocycles.